The Bertz CT molecular complexity index is 1370. The van der Waals surface area contributed by atoms with Crippen LogP contribution in [0.15, 0.2) is 60.7 Å². The third-order valence-corrected chi connectivity index (χ3v) is 8.21. The standard InChI is InChI=1S/C30H30ClNO3S/c1-20-6-12-24(26(31)18-20)28(34)30-29(25-13-9-22(33)19-27(25)36-30)35-23-10-7-21(8-11-23)14-17-32-15-4-2-3-5-16-32/h6-13,18-19,33H,2-5,14-17H2,1H3. The Kier molecular flexibility index (Phi) is 7.61. The van der Waals surface area contributed by atoms with Crippen LogP contribution in [0.25, 0.3) is 10.1 Å². The van der Waals surface area contributed by atoms with E-state index in [1.165, 1.54) is 55.7 Å². The summed E-state index contributed by atoms with van der Waals surface area (Å²) in [5, 5.41) is 11.2. The number of hydrogen-bond acceptors (Lipinski definition) is 5. The molecule has 1 saturated heterocycles. The average molecular weight is 520 g/mol. The van der Waals surface area contributed by atoms with Crippen LogP contribution in [0.2, 0.25) is 5.02 Å². The second-order valence-corrected chi connectivity index (χ2v) is 11.0. The molecule has 4 aromatic rings. The molecule has 0 amide bonds. The van der Waals surface area contributed by atoms with Crippen LogP contribution in [0.4, 0.5) is 0 Å². The number of carbonyl (C=O) groups is 1. The predicted octanol–water partition coefficient (Wildman–Crippen LogP) is 8.01. The molecule has 1 aromatic heterocycles. The molecule has 0 unspecified atom stereocenters. The lowest BCUT2D eigenvalue weighted by Crippen LogP contribution is -2.26. The van der Waals surface area contributed by atoms with E-state index in [-0.39, 0.29) is 11.5 Å². The number of aromatic hydroxyl groups is 1. The zero-order chi connectivity index (χ0) is 25.1. The lowest BCUT2D eigenvalue weighted by Gasteiger charge is -2.19. The smallest absolute Gasteiger partial charge is 0.208 e. The SMILES string of the molecule is Cc1ccc(C(=O)c2sc3cc(O)ccc3c2Oc2ccc(CCN3CCCCCC3)cc2)c(Cl)c1. The Hall–Kier alpha value is -2.86. The second kappa shape index (κ2) is 11.0. The number of halogens is 1. The molecule has 0 atom stereocenters. The molecule has 1 aliphatic rings. The van der Waals surface area contributed by atoms with E-state index < -0.39 is 0 Å². The van der Waals surface area contributed by atoms with E-state index in [4.69, 9.17) is 16.3 Å². The van der Waals surface area contributed by atoms with Gasteiger partial charge >= 0.3 is 0 Å². The fourth-order valence-corrected chi connectivity index (χ4v) is 6.17. The van der Waals surface area contributed by atoms with Gasteiger partial charge < -0.3 is 14.7 Å². The normalized spacial score (nSPS) is 14.6. The Morgan fingerprint density at radius 1 is 1.00 bits per heavy atom. The van der Waals surface area contributed by atoms with E-state index in [2.05, 4.69) is 17.0 Å². The first-order chi connectivity index (χ1) is 17.5. The highest BCUT2D eigenvalue weighted by atomic mass is 35.5. The molecule has 0 saturated carbocycles. The van der Waals surface area contributed by atoms with E-state index in [9.17, 15) is 9.90 Å². The lowest BCUT2D eigenvalue weighted by molar-refractivity contribution is 0.104. The number of phenolic OH excluding ortho intramolecular Hbond substituents is 1. The first-order valence-corrected chi connectivity index (χ1v) is 13.7. The van der Waals surface area contributed by atoms with Gasteiger partial charge in [0.05, 0.1) is 5.02 Å². The lowest BCUT2D eigenvalue weighted by atomic mass is 10.1. The summed E-state index contributed by atoms with van der Waals surface area (Å²) in [6, 6.07) is 18.6. The van der Waals surface area contributed by atoms with Gasteiger partial charge in [-0.1, -0.05) is 42.6 Å². The van der Waals surface area contributed by atoms with Crippen molar-refractivity contribution in [3.8, 4) is 17.2 Å². The first kappa shape index (κ1) is 24.8. The van der Waals surface area contributed by atoms with Gasteiger partial charge in [0.2, 0.25) is 5.78 Å². The van der Waals surface area contributed by atoms with Crippen LogP contribution in [0.3, 0.4) is 0 Å². The number of likely N-dealkylation sites (tertiary alicyclic amines) is 1. The van der Waals surface area contributed by atoms with Gasteiger partial charge in [-0.05, 0) is 92.9 Å². The average Bonchev–Trinajstić information content (AvgIpc) is 3.02. The van der Waals surface area contributed by atoms with Gasteiger partial charge in [-0.2, -0.15) is 0 Å². The van der Waals surface area contributed by atoms with Crippen LogP contribution in [0.1, 0.15) is 52.0 Å². The topological polar surface area (TPSA) is 49.8 Å². The van der Waals surface area contributed by atoms with Crippen molar-refractivity contribution in [3.05, 3.63) is 87.3 Å². The zero-order valence-corrected chi connectivity index (χ0v) is 22.0. The number of hydrogen-bond donors (Lipinski definition) is 1. The maximum Gasteiger partial charge on any atom is 0.208 e. The van der Waals surface area contributed by atoms with Crippen molar-refractivity contribution in [1.29, 1.82) is 0 Å². The Morgan fingerprint density at radius 2 is 1.75 bits per heavy atom. The van der Waals surface area contributed by atoms with Crippen LogP contribution in [0, 0.1) is 6.92 Å². The molecule has 36 heavy (non-hydrogen) atoms. The molecule has 5 rings (SSSR count). The molecule has 186 valence electrons. The van der Waals surface area contributed by atoms with Crippen LogP contribution in [0.5, 0.6) is 17.2 Å². The molecular weight excluding hydrogens is 490 g/mol. The van der Waals surface area contributed by atoms with Crippen molar-refractivity contribution in [2.24, 2.45) is 0 Å². The first-order valence-electron chi connectivity index (χ1n) is 12.5. The molecule has 0 radical (unpaired) electrons. The molecule has 1 N–H and O–H groups in total. The second-order valence-electron chi connectivity index (χ2n) is 9.51. The van der Waals surface area contributed by atoms with E-state index in [1.807, 2.05) is 25.1 Å². The Labute approximate surface area is 221 Å². The van der Waals surface area contributed by atoms with Gasteiger partial charge in [0.25, 0.3) is 0 Å². The Morgan fingerprint density at radius 3 is 2.47 bits per heavy atom. The number of carbonyl (C=O) groups excluding carboxylic acids is 1. The van der Waals surface area contributed by atoms with E-state index >= 15 is 0 Å². The van der Waals surface area contributed by atoms with E-state index in [0.29, 0.717) is 27.0 Å². The highest BCUT2D eigenvalue weighted by Gasteiger charge is 2.24. The van der Waals surface area contributed by atoms with Gasteiger partial charge in [0.15, 0.2) is 5.75 Å². The van der Waals surface area contributed by atoms with Crippen molar-refractivity contribution in [1.82, 2.24) is 4.90 Å². The summed E-state index contributed by atoms with van der Waals surface area (Å²) in [7, 11) is 0. The quantitative estimate of drug-likeness (QED) is 0.251. The number of thiophene rings is 1. The number of ether oxygens (including phenoxy) is 1. The maximum absolute atomic E-state index is 13.5. The van der Waals surface area contributed by atoms with Gasteiger partial charge in [0, 0.05) is 22.2 Å². The van der Waals surface area contributed by atoms with Crippen LogP contribution in [-0.2, 0) is 6.42 Å². The molecule has 6 heteroatoms. The molecule has 4 nitrogen and oxygen atoms in total. The Balaban J connectivity index is 1.39. The van der Waals surface area contributed by atoms with Crippen molar-refractivity contribution in [3.63, 3.8) is 0 Å². The summed E-state index contributed by atoms with van der Waals surface area (Å²) < 4.78 is 7.11. The summed E-state index contributed by atoms with van der Waals surface area (Å²) >= 11 is 7.73. The predicted molar refractivity (Wildman–Crippen MR) is 148 cm³/mol. The number of aryl methyl sites for hydroxylation is 1. The molecule has 1 fully saturated rings. The number of rotatable bonds is 7. The van der Waals surface area contributed by atoms with Gasteiger partial charge in [-0.15, -0.1) is 11.3 Å². The summed E-state index contributed by atoms with van der Waals surface area (Å²) in [6.45, 7) is 5.41. The van der Waals surface area contributed by atoms with Gasteiger partial charge in [-0.3, -0.25) is 4.79 Å². The molecule has 3 aromatic carbocycles. The summed E-state index contributed by atoms with van der Waals surface area (Å²) in [6.07, 6.45) is 6.30. The molecule has 1 aliphatic heterocycles. The number of nitrogens with zero attached hydrogens (tertiary/aromatic N) is 1. The third kappa shape index (κ3) is 5.59. The van der Waals surface area contributed by atoms with Gasteiger partial charge in [0.1, 0.15) is 16.4 Å². The third-order valence-electron chi connectivity index (χ3n) is 6.76. The van der Waals surface area contributed by atoms with Gasteiger partial charge in [-0.25, -0.2) is 0 Å². The minimum atomic E-state index is -0.190. The summed E-state index contributed by atoms with van der Waals surface area (Å²) in [4.78, 5) is 16.6. The molecular formula is C30H30ClNO3S. The zero-order valence-electron chi connectivity index (χ0n) is 20.4. The summed E-state index contributed by atoms with van der Waals surface area (Å²) in [5.41, 5.74) is 2.70. The molecule has 0 bridgehead atoms. The highest BCUT2D eigenvalue weighted by molar-refractivity contribution is 7.21. The van der Waals surface area contributed by atoms with Crippen molar-refractivity contribution < 1.29 is 14.6 Å². The fraction of sp³-hybridized carbons (Fsp3) is 0.300. The maximum atomic E-state index is 13.5. The van der Waals surface area contributed by atoms with Crippen LogP contribution in [-0.4, -0.2) is 35.4 Å². The highest BCUT2D eigenvalue weighted by Crippen LogP contribution is 2.43. The number of phenols is 1. The van der Waals surface area contributed by atoms with Crippen molar-refractivity contribution >= 4 is 38.8 Å². The minimum absolute atomic E-state index is 0.149. The fourth-order valence-electron chi connectivity index (χ4n) is 4.73. The molecule has 0 spiro atoms. The number of fused-ring (bicyclic) bond motifs is 1. The van der Waals surface area contributed by atoms with Crippen LogP contribution >= 0.6 is 22.9 Å². The van der Waals surface area contributed by atoms with Crippen LogP contribution < -0.4 is 4.74 Å². The largest absolute Gasteiger partial charge is 0.508 e. The number of benzene rings is 3. The summed E-state index contributed by atoms with van der Waals surface area (Å²) in [5.74, 6) is 1.13. The number of ketones is 1. The van der Waals surface area contributed by atoms with E-state index in [0.717, 1.165) is 28.6 Å². The monoisotopic (exact) mass is 519 g/mol. The molecule has 2 heterocycles. The minimum Gasteiger partial charge on any atom is -0.508 e. The van der Waals surface area contributed by atoms with Crippen molar-refractivity contribution in [2.75, 3.05) is 19.6 Å². The van der Waals surface area contributed by atoms with E-state index in [1.54, 1.807) is 30.3 Å². The van der Waals surface area contributed by atoms with Crippen molar-refractivity contribution in [2.45, 2.75) is 39.0 Å². The molecule has 0 aliphatic carbocycles.